The highest BCUT2D eigenvalue weighted by atomic mass is 79.9. The van der Waals surface area contributed by atoms with Crippen LogP contribution in [0.25, 0.3) is 0 Å². The Morgan fingerprint density at radius 1 is 1.32 bits per heavy atom. The first-order valence-electron chi connectivity index (χ1n) is 7.02. The molecule has 0 aliphatic heterocycles. The summed E-state index contributed by atoms with van der Waals surface area (Å²) in [6, 6.07) is 6.40. The van der Waals surface area contributed by atoms with Crippen molar-refractivity contribution in [3.8, 4) is 0 Å². The van der Waals surface area contributed by atoms with Crippen molar-refractivity contribution in [3.05, 3.63) is 33.3 Å². The average Bonchev–Trinajstić information content (AvgIpc) is 2.32. The van der Waals surface area contributed by atoms with Crippen molar-refractivity contribution >= 4 is 27.5 Å². The van der Waals surface area contributed by atoms with Gasteiger partial charge in [0.25, 0.3) is 0 Å². The summed E-state index contributed by atoms with van der Waals surface area (Å²) in [4.78, 5) is 0. The van der Waals surface area contributed by atoms with Crippen LogP contribution < -0.4 is 5.32 Å². The van der Waals surface area contributed by atoms with Gasteiger partial charge in [0.1, 0.15) is 0 Å². The Morgan fingerprint density at radius 2 is 2.00 bits per heavy atom. The van der Waals surface area contributed by atoms with Gasteiger partial charge in [-0.05, 0) is 55.0 Å². The van der Waals surface area contributed by atoms with E-state index in [9.17, 15) is 0 Å². The van der Waals surface area contributed by atoms with Crippen molar-refractivity contribution in [1.29, 1.82) is 0 Å². The molecule has 0 spiro atoms. The minimum absolute atomic E-state index is 0.358. The number of benzene rings is 1. The van der Waals surface area contributed by atoms with Crippen LogP contribution in [0.5, 0.6) is 0 Å². The van der Waals surface area contributed by atoms with E-state index < -0.39 is 0 Å². The predicted octanol–water partition coefficient (Wildman–Crippen LogP) is 5.97. The lowest BCUT2D eigenvalue weighted by Crippen LogP contribution is -2.24. The molecule has 0 saturated heterocycles. The summed E-state index contributed by atoms with van der Waals surface area (Å²) >= 11 is 9.78. The summed E-state index contributed by atoms with van der Waals surface area (Å²) in [7, 11) is 0. The Labute approximate surface area is 131 Å². The van der Waals surface area contributed by atoms with E-state index in [1.165, 1.54) is 12.0 Å². The zero-order chi connectivity index (χ0) is 14.5. The predicted molar refractivity (Wildman–Crippen MR) is 88.9 cm³/mol. The molecule has 0 saturated carbocycles. The molecular weight excluding hydrogens is 322 g/mol. The fourth-order valence-corrected chi connectivity index (χ4v) is 2.75. The van der Waals surface area contributed by atoms with Gasteiger partial charge in [-0.3, -0.25) is 0 Å². The lowest BCUT2D eigenvalue weighted by molar-refractivity contribution is 0.332. The second kappa shape index (κ2) is 7.66. The maximum Gasteiger partial charge on any atom is 0.0410 e. The summed E-state index contributed by atoms with van der Waals surface area (Å²) in [5.41, 5.74) is 1.63. The first-order chi connectivity index (χ1) is 8.83. The van der Waals surface area contributed by atoms with Crippen molar-refractivity contribution in [3.63, 3.8) is 0 Å². The minimum Gasteiger partial charge on any atom is -0.310 e. The van der Waals surface area contributed by atoms with Crippen LogP contribution in [0.1, 0.15) is 58.6 Å². The van der Waals surface area contributed by atoms with Crippen LogP contribution in [0, 0.1) is 5.41 Å². The standard InChI is InChI=1S/C16H25BrClN/c1-5-10-19-15(8-9-16(2,3)4)13-11-12(18)6-7-14(13)17/h6-7,11,15,19H,5,8-10H2,1-4H3. The van der Waals surface area contributed by atoms with Crippen LogP contribution in [-0.4, -0.2) is 6.54 Å². The SMILES string of the molecule is CCCNC(CCC(C)(C)C)c1cc(Cl)ccc1Br. The van der Waals surface area contributed by atoms with Gasteiger partial charge in [-0.1, -0.05) is 55.2 Å². The molecule has 108 valence electrons. The second-order valence-corrected chi connectivity index (χ2v) is 7.56. The Hall–Kier alpha value is -0.0500. The molecule has 1 nitrogen and oxygen atoms in total. The van der Waals surface area contributed by atoms with Gasteiger partial charge in [0.2, 0.25) is 0 Å². The van der Waals surface area contributed by atoms with Gasteiger partial charge in [0.05, 0.1) is 0 Å². The van der Waals surface area contributed by atoms with Crippen molar-refractivity contribution in [2.75, 3.05) is 6.54 Å². The summed E-state index contributed by atoms with van der Waals surface area (Å²) in [5, 5.41) is 4.44. The molecule has 1 aromatic carbocycles. The number of halogens is 2. The lowest BCUT2D eigenvalue weighted by atomic mass is 9.87. The van der Waals surface area contributed by atoms with Crippen LogP contribution in [-0.2, 0) is 0 Å². The summed E-state index contributed by atoms with van der Waals surface area (Å²) in [5.74, 6) is 0. The number of rotatable bonds is 6. The van der Waals surface area contributed by atoms with Crippen molar-refractivity contribution in [1.82, 2.24) is 5.32 Å². The Morgan fingerprint density at radius 3 is 2.58 bits per heavy atom. The summed E-state index contributed by atoms with van der Waals surface area (Å²) < 4.78 is 1.14. The highest BCUT2D eigenvalue weighted by molar-refractivity contribution is 9.10. The monoisotopic (exact) mass is 345 g/mol. The molecule has 1 aromatic rings. The molecule has 0 aliphatic carbocycles. The van der Waals surface area contributed by atoms with E-state index in [0.29, 0.717) is 11.5 Å². The zero-order valence-electron chi connectivity index (χ0n) is 12.4. The molecule has 0 heterocycles. The van der Waals surface area contributed by atoms with E-state index in [1.54, 1.807) is 0 Å². The highest BCUT2D eigenvalue weighted by Crippen LogP contribution is 2.32. The fourth-order valence-electron chi connectivity index (χ4n) is 2.05. The first-order valence-corrected chi connectivity index (χ1v) is 8.19. The molecular formula is C16H25BrClN. The maximum atomic E-state index is 6.14. The van der Waals surface area contributed by atoms with Crippen LogP contribution in [0.4, 0.5) is 0 Å². The molecule has 19 heavy (non-hydrogen) atoms. The molecule has 0 aliphatic rings. The summed E-state index contributed by atoms with van der Waals surface area (Å²) in [6.45, 7) is 10.1. The Kier molecular flexibility index (Phi) is 6.85. The second-order valence-electron chi connectivity index (χ2n) is 6.27. The molecule has 3 heteroatoms. The van der Waals surface area contributed by atoms with Gasteiger partial charge in [0.15, 0.2) is 0 Å². The van der Waals surface area contributed by atoms with Gasteiger partial charge in [-0.25, -0.2) is 0 Å². The van der Waals surface area contributed by atoms with Crippen LogP contribution in [0.2, 0.25) is 5.02 Å². The van der Waals surface area contributed by atoms with Gasteiger partial charge in [-0.15, -0.1) is 0 Å². The van der Waals surface area contributed by atoms with Crippen LogP contribution >= 0.6 is 27.5 Å². The normalized spacial score (nSPS) is 13.6. The number of hydrogen-bond donors (Lipinski definition) is 1. The average molecular weight is 347 g/mol. The van der Waals surface area contributed by atoms with Gasteiger partial charge < -0.3 is 5.32 Å². The smallest absolute Gasteiger partial charge is 0.0410 e. The van der Waals surface area contributed by atoms with Crippen LogP contribution in [0.3, 0.4) is 0 Å². The quantitative estimate of drug-likeness (QED) is 0.669. The topological polar surface area (TPSA) is 12.0 Å². The van der Waals surface area contributed by atoms with Crippen LogP contribution in [0.15, 0.2) is 22.7 Å². The molecule has 0 bridgehead atoms. The van der Waals surface area contributed by atoms with Crippen molar-refractivity contribution < 1.29 is 0 Å². The third-order valence-electron chi connectivity index (χ3n) is 3.16. The first kappa shape index (κ1) is 17.0. The molecule has 1 N–H and O–H groups in total. The molecule has 1 rings (SSSR count). The van der Waals surface area contributed by atoms with Gasteiger partial charge in [0, 0.05) is 15.5 Å². The number of hydrogen-bond acceptors (Lipinski definition) is 1. The van der Waals surface area contributed by atoms with E-state index in [0.717, 1.165) is 28.9 Å². The Bertz CT molecular complexity index is 398. The highest BCUT2D eigenvalue weighted by Gasteiger charge is 2.18. The van der Waals surface area contributed by atoms with E-state index >= 15 is 0 Å². The van der Waals surface area contributed by atoms with E-state index in [-0.39, 0.29) is 0 Å². The zero-order valence-corrected chi connectivity index (χ0v) is 14.7. The maximum absolute atomic E-state index is 6.14. The largest absolute Gasteiger partial charge is 0.310 e. The number of nitrogens with one attached hydrogen (secondary N) is 1. The lowest BCUT2D eigenvalue weighted by Gasteiger charge is -2.25. The third kappa shape index (κ3) is 6.29. The molecule has 0 amide bonds. The fraction of sp³-hybridized carbons (Fsp3) is 0.625. The van der Waals surface area contributed by atoms with Gasteiger partial charge in [-0.2, -0.15) is 0 Å². The third-order valence-corrected chi connectivity index (χ3v) is 4.11. The molecule has 0 aromatic heterocycles. The molecule has 1 atom stereocenters. The van der Waals surface area contributed by atoms with Crippen molar-refractivity contribution in [2.45, 2.75) is 53.0 Å². The van der Waals surface area contributed by atoms with E-state index in [1.807, 2.05) is 12.1 Å². The molecule has 0 fully saturated rings. The van der Waals surface area contributed by atoms with Crippen molar-refractivity contribution in [2.24, 2.45) is 5.41 Å². The van der Waals surface area contributed by atoms with E-state index in [2.05, 4.69) is 55.0 Å². The minimum atomic E-state index is 0.358. The molecule has 1 unspecified atom stereocenters. The Balaban J connectivity index is 2.85. The van der Waals surface area contributed by atoms with Gasteiger partial charge >= 0.3 is 0 Å². The summed E-state index contributed by atoms with van der Waals surface area (Å²) in [6.07, 6.45) is 3.46. The van der Waals surface area contributed by atoms with E-state index in [4.69, 9.17) is 11.6 Å². The molecule has 0 radical (unpaired) electrons.